The van der Waals surface area contributed by atoms with Crippen LogP contribution in [0.15, 0.2) is 24.3 Å². The lowest BCUT2D eigenvalue weighted by molar-refractivity contribution is 0.283. The van der Waals surface area contributed by atoms with E-state index >= 15 is 0 Å². The van der Waals surface area contributed by atoms with Gasteiger partial charge < -0.3 is 4.74 Å². The topological polar surface area (TPSA) is 33.0 Å². The van der Waals surface area contributed by atoms with Gasteiger partial charge in [0.1, 0.15) is 5.75 Å². The highest BCUT2D eigenvalue weighted by molar-refractivity contribution is 5.32. The molecule has 0 aliphatic rings. The summed E-state index contributed by atoms with van der Waals surface area (Å²) in [5, 5.41) is 8.95. The fraction of sp³-hybridized carbons (Fsp3) is 0.588. The van der Waals surface area contributed by atoms with Crippen LogP contribution in [0.2, 0.25) is 0 Å². The molecule has 0 unspecified atom stereocenters. The molecule has 104 valence electrons. The van der Waals surface area contributed by atoms with Gasteiger partial charge in [0.2, 0.25) is 0 Å². The van der Waals surface area contributed by atoms with Crippen molar-refractivity contribution in [3.05, 3.63) is 29.8 Å². The number of rotatable bonds is 5. The van der Waals surface area contributed by atoms with E-state index < -0.39 is 0 Å². The van der Waals surface area contributed by atoms with Crippen LogP contribution in [0.1, 0.15) is 53.0 Å². The maximum absolute atomic E-state index is 8.95. The number of ether oxygens (including phenoxy) is 1. The van der Waals surface area contributed by atoms with Crippen LogP contribution >= 0.6 is 0 Å². The van der Waals surface area contributed by atoms with Crippen molar-refractivity contribution in [2.45, 2.75) is 52.9 Å². The maximum atomic E-state index is 8.95. The molecule has 0 radical (unpaired) electrons. The third-order valence-corrected chi connectivity index (χ3v) is 3.22. The molecule has 2 heteroatoms. The van der Waals surface area contributed by atoms with E-state index in [9.17, 15) is 0 Å². The van der Waals surface area contributed by atoms with Crippen LogP contribution in [0.4, 0.5) is 0 Å². The van der Waals surface area contributed by atoms with Gasteiger partial charge in [-0.3, -0.25) is 0 Å². The first-order valence-corrected chi connectivity index (χ1v) is 6.89. The molecule has 1 aromatic carbocycles. The highest BCUT2D eigenvalue weighted by atomic mass is 16.5. The lowest BCUT2D eigenvalue weighted by Gasteiger charge is -2.20. The molecule has 0 bridgehead atoms. The molecule has 1 rings (SSSR count). The van der Waals surface area contributed by atoms with Gasteiger partial charge in [0.05, 0.1) is 18.1 Å². The first-order chi connectivity index (χ1) is 8.74. The number of benzene rings is 1. The molecular formula is C17H25NO. The van der Waals surface area contributed by atoms with Crippen molar-refractivity contribution in [2.24, 2.45) is 5.41 Å². The fourth-order valence-electron chi connectivity index (χ4n) is 1.81. The van der Waals surface area contributed by atoms with Crippen LogP contribution in [-0.2, 0) is 5.41 Å². The van der Waals surface area contributed by atoms with Crippen molar-refractivity contribution in [3.63, 3.8) is 0 Å². The summed E-state index contributed by atoms with van der Waals surface area (Å²) in [4.78, 5) is 0. The third kappa shape index (κ3) is 5.34. The van der Waals surface area contributed by atoms with Gasteiger partial charge >= 0.3 is 0 Å². The Labute approximate surface area is 117 Å². The van der Waals surface area contributed by atoms with Crippen LogP contribution in [0.3, 0.4) is 0 Å². The Kier molecular flexibility index (Phi) is 5.00. The van der Waals surface area contributed by atoms with E-state index in [1.54, 1.807) is 0 Å². The summed E-state index contributed by atoms with van der Waals surface area (Å²) in [6.07, 6.45) is 1.77. The van der Waals surface area contributed by atoms with Crippen molar-refractivity contribution >= 4 is 0 Å². The lowest BCUT2D eigenvalue weighted by atomic mass is 9.87. The van der Waals surface area contributed by atoms with Gasteiger partial charge in [-0.1, -0.05) is 32.9 Å². The fourth-order valence-corrected chi connectivity index (χ4v) is 1.81. The Hall–Kier alpha value is -1.49. The lowest BCUT2D eigenvalue weighted by Crippen LogP contribution is -2.12. The molecule has 0 spiro atoms. The van der Waals surface area contributed by atoms with E-state index in [4.69, 9.17) is 10.00 Å². The standard InChI is InChI=1S/C17H25NO/c1-16(2,3)14-8-6-9-15(12-14)19-11-7-10-17(4,5)13-18/h6,8-9,12H,7,10-11H2,1-5H3. The molecule has 0 N–H and O–H groups in total. The second kappa shape index (κ2) is 6.10. The average molecular weight is 259 g/mol. The van der Waals surface area contributed by atoms with Crippen LogP contribution in [0, 0.1) is 16.7 Å². The van der Waals surface area contributed by atoms with Gasteiger partial charge in [0.15, 0.2) is 0 Å². The Morgan fingerprint density at radius 2 is 1.84 bits per heavy atom. The van der Waals surface area contributed by atoms with Gasteiger partial charge in [-0.25, -0.2) is 0 Å². The third-order valence-electron chi connectivity index (χ3n) is 3.22. The summed E-state index contributed by atoms with van der Waals surface area (Å²) < 4.78 is 5.77. The molecule has 0 amide bonds. The summed E-state index contributed by atoms with van der Waals surface area (Å²) in [6.45, 7) is 11.2. The Balaban J connectivity index is 2.49. The first-order valence-electron chi connectivity index (χ1n) is 6.89. The molecule has 0 aromatic heterocycles. The minimum absolute atomic E-state index is 0.141. The van der Waals surface area contributed by atoms with Crippen LogP contribution in [-0.4, -0.2) is 6.61 Å². The summed E-state index contributed by atoms with van der Waals surface area (Å²) in [7, 11) is 0. The molecule has 1 aromatic rings. The van der Waals surface area contributed by atoms with Gasteiger partial charge in [0.25, 0.3) is 0 Å². The predicted octanol–water partition coefficient (Wildman–Crippen LogP) is 4.69. The molecule has 0 atom stereocenters. The SMILES string of the molecule is CC(C)(C#N)CCCOc1cccc(C(C)(C)C)c1. The summed E-state index contributed by atoms with van der Waals surface area (Å²) in [5.41, 5.74) is 1.17. The quantitative estimate of drug-likeness (QED) is 0.718. The maximum Gasteiger partial charge on any atom is 0.119 e. The zero-order valence-electron chi connectivity index (χ0n) is 12.8. The molecule has 2 nitrogen and oxygen atoms in total. The highest BCUT2D eigenvalue weighted by Gasteiger charge is 2.16. The Morgan fingerprint density at radius 1 is 1.16 bits per heavy atom. The van der Waals surface area contributed by atoms with E-state index in [1.165, 1.54) is 5.56 Å². The van der Waals surface area contributed by atoms with Gasteiger partial charge in [-0.05, 0) is 49.8 Å². The van der Waals surface area contributed by atoms with E-state index in [0.717, 1.165) is 18.6 Å². The summed E-state index contributed by atoms with van der Waals surface area (Å²) in [6, 6.07) is 10.6. The minimum atomic E-state index is -0.253. The molecular weight excluding hydrogens is 234 g/mol. The molecule has 0 aliphatic carbocycles. The second-order valence-electron chi connectivity index (χ2n) is 6.73. The van der Waals surface area contributed by atoms with Crippen LogP contribution < -0.4 is 4.74 Å². The Morgan fingerprint density at radius 3 is 2.42 bits per heavy atom. The van der Waals surface area contributed by atoms with Gasteiger partial charge in [-0.15, -0.1) is 0 Å². The normalized spacial score (nSPS) is 12.0. The second-order valence-corrected chi connectivity index (χ2v) is 6.73. The molecule has 0 saturated heterocycles. The van der Waals surface area contributed by atoms with Gasteiger partial charge in [0, 0.05) is 0 Å². The number of nitriles is 1. The molecule has 0 fully saturated rings. The van der Waals surface area contributed by atoms with Crippen LogP contribution in [0.5, 0.6) is 5.75 Å². The smallest absolute Gasteiger partial charge is 0.119 e. The van der Waals surface area contributed by atoms with Gasteiger partial charge in [-0.2, -0.15) is 5.26 Å². The number of hydrogen-bond donors (Lipinski definition) is 0. The average Bonchev–Trinajstić information content (AvgIpc) is 2.34. The molecule has 0 aliphatic heterocycles. The van der Waals surface area contributed by atoms with E-state index in [1.807, 2.05) is 26.0 Å². The predicted molar refractivity (Wildman–Crippen MR) is 79.3 cm³/mol. The highest BCUT2D eigenvalue weighted by Crippen LogP contribution is 2.26. The van der Waals surface area contributed by atoms with Crippen molar-refractivity contribution in [1.82, 2.24) is 0 Å². The molecule has 0 heterocycles. The number of nitrogens with zero attached hydrogens (tertiary/aromatic N) is 1. The van der Waals surface area contributed by atoms with Crippen molar-refractivity contribution in [1.29, 1.82) is 5.26 Å². The monoisotopic (exact) mass is 259 g/mol. The summed E-state index contributed by atoms with van der Waals surface area (Å²) >= 11 is 0. The Bertz CT molecular complexity index is 449. The van der Waals surface area contributed by atoms with Crippen LogP contribution in [0.25, 0.3) is 0 Å². The molecule has 19 heavy (non-hydrogen) atoms. The van der Waals surface area contributed by atoms with E-state index in [-0.39, 0.29) is 10.8 Å². The zero-order valence-corrected chi connectivity index (χ0v) is 12.8. The largest absolute Gasteiger partial charge is 0.494 e. The van der Waals surface area contributed by atoms with Crippen molar-refractivity contribution in [3.8, 4) is 11.8 Å². The van der Waals surface area contributed by atoms with E-state index in [2.05, 4.69) is 39.0 Å². The summed E-state index contributed by atoms with van der Waals surface area (Å²) in [5.74, 6) is 0.919. The van der Waals surface area contributed by atoms with Crippen molar-refractivity contribution < 1.29 is 4.74 Å². The van der Waals surface area contributed by atoms with E-state index in [0.29, 0.717) is 6.61 Å². The zero-order chi connectivity index (χ0) is 14.5. The first kappa shape index (κ1) is 15.6. The van der Waals surface area contributed by atoms with Crippen molar-refractivity contribution in [2.75, 3.05) is 6.61 Å². The molecule has 0 saturated carbocycles. The minimum Gasteiger partial charge on any atom is -0.494 e. The number of hydrogen-bond acceptors (Lipinski definition) is 2.